The Bertz CT molecular complexity index is 995. The molecule has 0 saturated carbocycles. The van der Waals surface area contributed by atoms with E-state index in [1.54, 1.807) is 0 Å². The van der Waals surface area contributed by atoms with Crippen molar-refractivity contribution in [2.75, 3.05) is 39.4 Å². The summed E-state index contributed by atoms with van der Waals surface area (Å²) in [5.74, 6) is 1.90. The van der Waals surface area contributed by atoms with Crippen LogP contribution in [0.15, 0.2) is 36.4 Å². The fraction of sp³-hybridized carbons (Fsp3) is 0.552. The van der Waals surface area contributed by atoms with Crippen molar-refractivity contribution in [1.29, 1.82) is 0 Å². The number of hydrogen-bond donors (Lipinski definition) is 1. The largest absolute Gasteiger partial charge is 0.494 e. The lowest BCUT2D eigenvalue weighted by atomic mass is 9.92. The van der Waals surface area contributed by atoms with Gasteiger partial charge in [0, 0.05) is 44.2 Å². The van der Waals surface area contributed by atoms with Crippen molar-refractivity contribution in [3.63, 3.8) is 0 Å². The molecule has 2 fully saturated rings. The lowest BCUT2D eigenvalue weighted by Gasteiger charge is -2.38. The van der Waals surface area contributed by atoms with E-state index in [-0.39, 0.29) is 5.91 Å². The van der Waals surface area contributed by atoms with E-state index in [9.17, 15) is 9.90 Å². The Hall–Kier alpha value is -2.28. The van der Waals surface area contributed by atoms with E-state index in [2.05, 4.69) is 17.0 Å². The SMILES string of the molecule is Cc1cc(OCC2(O)CCN(Cc3ccc(OCCCN4CCCCC4=O)cc3)CC2)cc(C)c1Cl. The zero-order valence-electron chi connectivity index (χ0n) is 21.6. The van der Waals surface area contributed by atoms with E-state index in [1.807, 2.05) is 43.0 Å². The third-order valence-electron chi connectivity index (χ3n) is 7.30. The van der Waals surface area contributed by atoms with E-state index in [0.29, 0.717) is 32.5 Å². The zero-order valence-corrected chi connectivity index (χ0v) is 22.4. The number of aliphatic hydroxyl groups is 1. The number of ether oxygens (including phenoxy) is 2. The van der Waals surface area contributed by atoms with Crippen LogP contribution in [0.4, 0.5) is 0 Å². The molecule has 0 aliphatic carbocycles. The van der Waals surface area contributed by atoms with Gasteiger partial charge < -0.3 is 19.5 Å². The maximum Gasteiger partial charge on any atom is 0.222 e. The highest BCUT2D eigenvalue weighted by atomic mass is 35.5. The van der Waals surface area contributed by atoms with Crippen molar-refractivity contribution in [3.8, 4) is 11.5 Å². The van der Waals surface area contributed by atoms with Crippen molar-refractivity contribution in [1.82, 2.24) is 9.80 Å². The van der Waals surface area contributed by atoms with Gasteiger partial charge in [-0.1, -0.05) is 23.7 Å². The molecule has 1 amide bonds. The molecule has 1 N–H and O–H groups in total. The minimum absolute atomic E-state index is 0.279. The molecule has 36 heavy (non-hydrogen) atoms. The molecule has 2 aromatic carbocycles. The Balaban J connectivity index is 1.16. The predicted molar refractivity (Wildman–Crippen MR) is 143 cm³/mol. The van der Waals surface area contributed by atoms with Crippen LogP contribution in [0.3, 0.4) is 0 Å². The average Bonchev–Trinajstić information content (AvgIpc) is 2.87. The first kappa shape index (κ1) is 26.8. The van der Waals surface area contributed by atoms with Crippen LogP contribution in [0, 0.1) is 13.8 Å². The van der Waals surface area contributed by atoms with Gasteiger partial charge in [0.05, 0.1) is 6.61 Å². The summed E-state index contributed by atoms with van der Waals surface area (Å²) in [5.41, 5.74) is 2.39. The lowest BCUT2D eigenvalue weighted by molar-refractivity contribution is -0.133. The summed E-state index contributed by atoms with van der Waals surface area (Å²) in [6, 6.07) is 12.1. The van der Waals surface area contributed by atoms with Gasteiger partial charge in [-0.2, -0.15) is 0 Å². The second-order valence-electron chi connectivity index (χ2n) is 10.3. The third-order valence-corrected chi connectivity index (χ3v) is 7.89. The van der Waals surface area contributed by atoms with Gasteiger partial charge in [0.2, 0.25) is 5.91 Å². The van der Waals surface area contributed by atoms with Crippen LogP contribution in [-0.2, 0) is 11.3 Å². The van der Waals surface area contributed by atoms with E-state index in [4.69, 9.17) is 21.1 Å². The van der Waals surface area contributed by atoms with Gasteiger partial charge in [0.1, 0.15) is 23.7 Å². The topological polar surface area (TPSA) is 62.2 Å². The molecule has 2 aromatic rings. The molecule has 7 heteroatoms. The zero-order chi connectivity index (χ0) is 25.5. The van der Waals surface area contributed by atoms with Crippen molar-refractivity contribution in [2.45, 2.75) is 64.5 Å². The number of aryl methyl sites for hydroxylation is 2. The van der Waals surface area contributed by atoms with Crippen LogP contribution in [0.25, 0.3) is 0 Å². The Morgan fingerprint density at radius 2 is 1.67 bits per heavy atom. The summed E-state index contributed by atoms with van der Waals surface area (Å²) in [6.45, 7) is 9.01. The monoisotopic (exact) mass is 514 g/mol. The van der Waals surface area contributed by atoms with Crippen LogP contribution >= 0.6 is 11.6 Å². The second-order valence-corrected chi connectivity index (χ2v) is 10.7. The van der Waals surface area contributed by atoms with Gasteiger partial charge in [0.25, 0.3) is 0 Å². The fourth-order valence-electron chi connectivity index (χ4n) is 4.97. The number of halogens is 1. The van der Waals surface area contributed by atoms with E-state index < -0.39 is 5.60 Å². The highest BCUT2D eigenvalue weighted by molar-refractivity contribution is 6.32. The molecular formula is C29H39ClN2O4. The third kappa shape index (κ3) is 7.37. The predicted octanol–water partition coefficient (Wildman–Crippen LogP) is 5.14. The standard InChI is InChI=1S/C29H39ClN2O4/c1-22-18-26(19-23(2)28(22)30)36-21-29(34)11-15-31(16-12-29)20-24-7-9-25(10-8-24)35-17-5-14-32-13-4-3-6-27(32)33/h7-10,18-19,34H,3-6,11-17,20-21H2,1-2H3. The lowest BCUT2D eigenvalue weighted by Crippen LogP contribution is -2.47. The highest BCUT2D eigenvalue weighted by Crippen LogP contribution is 2.29. The highest BCUT2D eigenvalue weighted by Gasteiger charge is 2.33. The molecule has 2 saturated heterocycles. The number of piperidine rings is 2. The molecule has 6 nitrogen and oxygen atoms in total. The molecular weight excluding hydrogens is 476 g/mol. The molecule has 0 atom stereocenters. The van der Waals surface area contributed by atoms with Crippen LogP contribution in [0.2, 0.25) is 5.02 Å². The van der Waals surface area contributed by atoms with Gasteiger partial charge in [-0.15, -0.1) is 0 Å². The maximum absolute atomic E-state index is 11.9. The van der Waals surface area contributed by atoms with Gasteiger partial charge in [-0.3, -0.25) is 9.69 Å². The number of likely N-dealkylation sites (tertiary alicyclic amines) is 2. The fourth-order valence-corrected chi connectivity index (χ4v) is 5.08. The van der Waals surface area contributed by atoms with Gasteiger partial charge in [0.15, 0.2) is 0 Å². The van der Waals surface area contributed by atoms with Crippen LogP contribution in [0.1, 0.15) is 55.2 Å². The molecule has 2 aliphatic rings. The van der Waals surface area contributed by atoms with Crippen molar-refractivity contribution in [2.24, 2.45) is 0 Å². The minimum Gasteiger partial charge on any atom is -0.494 e. The molecule has 196 valence electrons. The summed E-state index contributed by atoms with van der Waals surface area (Å²) in [4.78, 5) is 16.2. The number of nitrogens with zero attached hydrogens (tertiary/aromatic N) is 2. The number of carbonyl (C=O) groups excluding carboxylic acids is 1. The van der Waals surface area contributed by atoms with Gasteiger partial charge in [-0.25, -0.2) is 0 Å². The molecule has 0 bridgehead atoms. The molecule has 0 aromatic heterocycles. The van der Waals surface area contributed by atoms with Crippen molar-refractivity contribution in [3.05, 3.63) is 58.1 Å². The summed E-state index contributed by atoms with van der Waals surface area (Å²) in [5, 5.41) is 11.8. The number of benzene rings is 2. The Kier molecular flexibility index (Phi) is 9.15. The van der Waals surface area contributed by atoms with E-state index in [0.717, 1.165) is 79.6 Å². The van der Waals surface area contributed by atoms with Gasteiger partial charge in [-0.05, 0) is 86.9 Å². The summed E-state index contributed by atoms with van der Waals surface area (Å²) in [7, 11) is 0. The summed E-state index contributed by atoms with van der Waals surface area (Å²) < 4.78 is 11.8. The number of hydrogen-bond acceptors (Lipinski definition) is 5. The van der Waals surface area contributed by atoms with Crippen LogP contribution < -0.4 is 9.47 Å². The molecule has 0 spiro atoms. The first-order chi connectivity index (χ1) is 17.3. The summed E-state index contributed by atoms with van der Waals surface area (Å²) in [6.07, 6.45) is 5.04. The molecule has 2 heterocycles. The molecule has 0 unspecified atom stereocenters. The van der Waals surface area contributed by atoms with Crippen molar-refractivity contribution >= 4 is 17.5 Å². The quantitative estimate of drug-likeness (QED) is 0.444. The first-order valence-corrected chi connectivity index (χ1v) is 13.5. The van der Waals surface area contributed by atoms with Crippen molar-refractivity contribution < 1.29 is 19.4 Å². The smallest absolute Gasteiger partial charge is 0.222 e. The summed E-state index contributed by atoms with van der Waals surface area (Å²) >= 11 is 6.25. The normalized spacial score (nSPS) is 18.3. The number of amides is 1. The van der Waals surface area contributed by atoms with E-state index in [1.165, 1.54) is 5.56 Å². The van der Waals surface area contributed by atoms with Crippen LogP contribution in [0.5, 0.6) is 11.5 Å². The Labute approximate surface area is 220 Å². The number of carbonyl (C=O) groups is 1. The molecule has 0 radical (unpaired) electrons. The second kappa shape index (κ2) is 12.3. The molecule has 4 rings (SSSR count). The van der Waals surface area contributed by atoms with Gasteiger partial charge >= 0.3 is 0 Å². The maximum atomic E-state index is 11.9. The first-order valence-electron chi connectivity index (χ1n) is 13.2. The minimum atomic E-state index is -0.811. The Morgan fingerprint density at radius 1 is 0.972 bits per heavy atom. The Morgan fingerprint density at radius 3 is 2.33 bits per heavy atom. The van der Waals surface area contributed by atoms with E-state index >= 15 is 0 Å². The number of rotatable bonds is 10. The van der Waals surface area contributed by atoms with Crippen LogP contribution in [-0.4, -0.2) is 65.8 Å². The average molecular weight is 515 g/mol. The molecule has 2 aliphatic heterocycles.